The van der Waals surface area contributed by atoms with Gasteiger partial charge in [-0.1, -0.05) is 42.5 Å². The minimum atomic E-state index is -0.365. The number of hydrogen-bond donors (Lipinski definition) is 0. The molecule has 156 valence electrons. The predicted molar refractivity (Wildman–Crippen MR) is 121 cm³/mol. The van der Waals surface area contributed by atoms with Gasteiger partial charge in [-0.2, -0.15) is 0 Å². The third-order valence-corrected chi connectivity index (χ3v) is 5.16. The average molecular weight is 413 g/mol. The van der Waals surface area contributed by atoms with Crippen molar-refractivity contribution in [1.29, 1.82) is 0 Å². The minimum Gasteiger partial charge on any atom is -0.452 e. The van der Waals surface area contributed by atoms with E-state index in [0.29, 0.717) is 22.6 Å². The van der Waals surface area contributed by atoms with Gasteiger partial charge in [-0.05, 0) is 48.4 Å². The van der Waals surface area contributed by atoms with E-state index in [9.17, 15) is 9.59 Å². The Balaban J connectivity index is 1.53. The molecule has 3 aromatic carbocycles. The van der Waals surface area contributed by atoms with Gasteiger partial charge in [0, 0.05) is 25.3 Å². The first-order chi connectivity index (χ1) is 14.9. The lowest BCUT2D eigenvalue weighted by Crippen LogP contribution is -2.12. The molecule has 4 rings (SSSR count). The maximum atomic E-state index is 12.8. The summed E-state index contributed by atoms with van der Waals surface area (Å²) < 4.78 is 11.4. The molecule has 0 radical (unpaired) electrons. The molecule has 5 heteroatoms. The maximum Gasteiger partial charge on any atom is 0.315 e. The van der Waals surface area contributed by atoms with Crippen LogP contribution in [0, 0.1) is 6.92 Å². The molecule has 3 aromatic rings. The average Bonchev–Trinajstić information content (AvgIpc) is 3.07. The number of fused-ring (bicyclic) bond motifs is 1. The lowest BCUT2D eigenvalue weighted by molar-refractivity contribution is -0.133. The summed E-state index contributed by atoms with van der Waals surface area (Å²) in [5.74, 6) is 0.533. The van der Waals surface area contributed by atoms with Crippen LogP contribution in [-0.4, -0.2) is 25.8 Å². The van der Waals surface area contributed by atoms with Crippen molar-refractivity contribution >= 4 is 23.5 Å². The topological polar surface area (TPSA) is 55.8 Å². The second kappa shape index (κ2) is 8.48. The Morgan fingerprint density at radius 3 is 2.39 bits per heavy atom. The van der Waals surface area contributed by atoms with Crippen LogP contribution in [0.4, 0.5) is 5.69 Å². The molecular weight excluding hydrogens is 390 g/mol. The molecule has 0 unspecified atom stereocenters. The third-order valence-electron chi connectivity index (χ3n) is 5.16. The number of hydrogen-bond acceptors (Lipinski definition) is 5. The highest BCUT2D eigenvalue weighted by atomic mass is 16.5. The van der Waals surface area contributed by atoms with Gasteiger partial charge < -0.3 is 14.4 Å². The van der Waals surface area contributed by atoms with Crippen LogP contribution < -0.4 is 14.4 Å². The SMILES string of the molecule is Cc1c(OC(=O)Cc2ccccc2)ccc2c1O/C(=C\c1ccc(N(C)C)cc1)C2=O. The molecule has 0 bridgehead atoms. The van der Waals surface area contributed by atoms with Gasteiger partial charge in [-0.15, -0.1) is 0 Å². The van der Waals surface area contributed by atoms with Crippen LogP contribution >= 0.6 is 0 Å². The summed E-state index contributed by atoms with van der Waals surface area (Å²) in [6, 6.07) is 20.5. The summed E-state index contributed by atoms with van der Waals surface area (Å²) >= 11 is 0. The molecule has 31 heavy (non-hydrogen) atoms. The fourth-order valence-electron chi connectivity index (χ4n) is 3.42. The van der Waals surface area contributed by atoms with Gasteiger partial charge in [0.05, 0.1) is 12.0 Å². The Hall–Kier alpha value is -3.86. The van der Waals surface area contributed by atoms with Gasteiger partial charge in [0.1, 0.15) is 11.5 Å². The van der Waals surface area contributed by atoms with E-state index in [-0.39, 0.29) is 23.9 Å². The zero-order valence-corrected chi connectivity index (χ0v) is 17.7. The van der Waals surface area contributed by atoms with Crippen LogP contribution in [0.5, 0.6) is 11.5 Å². The first-order valence-corrected chi connectivity index (χ1v) is 10.0. The molecule has 0 N–H and O–H groups in total. The van der Waals surface area contributed by atoms with Gasteiger partial charge >= 0.3 is 5.97 Å². The summed E-state index contributed by atoms with van der Waals surface area (Å²) in [5, 5.41) is 0. The summed E-state index contributed by atoms with van der Waals surface area (Å²) in [4.78, 5) is 27.1. The monoisotopic (exact) mass is 413 g/mol. The zero-order chi connectivity index (χ0) is 22.0. The highest BCUT2D eigenvalue weighted by Crippen LogP contribution is 2.39. The number of esters is 1. The predicted octanol–water partition coefficient (Wildman–Crippen LogP) is 4.83. The van der Waals surface area contributed by atoms with E-state index < -0.39 is 0 Å². The Morgan fingerprint density at radius 2 is 1.71 bits per heavy atom. The molecule has 0 saturated carbocycles. The quantitative estimate of drug-likeness (QED) is 0.341. The smallest absolute Gasteiger partial charge is 0.315 e. The second-order valence-corrected chi connectivity index (χ2v) is 7.63. The van der Waals surface area contributed by atoms with Crippen molar-refractivity contribution in [2.45, 2.75) is 13.3 Å². The molecule has 0 aliphatic carbocycles. The Bertz CT molecular complexity index is 1160. The maximum absolute atomic E-state index is 12.8. The minimum absolute atomic E-state index is 0.172. The highest BCUT2D eigenvalue weighted by molar-refractivity contribution is 6.15. The lowest BCUT2D eigenvalue weighted by Gasteiger charge is -2.12. The van der Waals surface area contributed by atoms with Crippen molar-refractivity contribution in [3.05, 3.63) is 94.7 Å². The number of allylic oxidation sites excluding steroid dienone is 1. The molecule has 0 spiro atoms. The zero-order valence-electron chi connectivity index (χ0n) is 17.7. The van der Waals surface area contributed by atoms with Crippen LogP contribution in [0.15, 0.2) is 72.5 Å². The number of Topliss-reactive ketones (excluding diaryl/α,β-unsaturated/α-hetero) is 1. The molecule has 0 aromatic heterocycles. The Kier molecular flexibility index (Phi) is 5.58. The normalized spacial score (nSPS) is 13.6. The Labute approximate surface area is 181 Å². The number of carbonyl (C=O) groups is 2. The molecular formula is C26H23NO4. The van der Waals surface area contributed by atoms with Crippen molar-refractivity contribution in [2.75, 3.05) is 19.0 Å². The number of ether oxygens (including phenoxy) is 2. The van der Waals surface area contributed by atoms with Crippen molar-refractivity contribution < 1.29 is 19.1 Å². The van der Waals surface area contributed by atoms with Crippen molar-refractivity contribution in [3.63, 3.8) is 0 Å². The fourth-order valence-corrected chi connectivity index (χ4v) is 3.42. The van der Waals surface area contributed by atoms with Gasteiger partial charge in [0.25, 0.3) is 0 Å². The standard InChI is InChI=1S/C26H23NO4/c1-17-22(30-24(28)16-18-7-5-4-6-8-18)14-13-21-25(29)23(31-26(17)21)15-19-9-11-20(12-10-19)27(2)3/h4-15H,16H2,1-3H3/b23-15-. The summed E-state index contributed by atoms with van der Waals surface area (Å²) in [6.45, 7) is 1.78. The molecule has 0 amide bonds. The molecule has 0 saturated heterocycles. The molecule has 0 atom stereocenters. The van der Waals surface area contributed by atoms with Gasteiger partial charge in [0.15, 0.2) is 5.76 Å². The van der Waals surface area contributed by atoms with Crippen LogP contribution in [0.3, 0.4) is 0 Å². The Morgan fingerprint density at radius 1 is 1.00 bits per heavy atom. The van der Waals surface area contributed by atoms with E-state index in [1.54, 1.807) is 25.1 Å². The number of carbonyl (C=O) groups excluding carboxylic acids is 2. The van der Waals surface area contributed by atoms with Crippen molar-refractivity contribution in [1.82, 2.24) is 0 Å². The number of anilines is 1. The van der Waals surface area contributed by atoms with E-state index >= 15 is 0 Å². The van der Waals surface area contributed by atoms with Gasteiger partial charge in [0.2, 0.25) is 5.78 Å². The van der Waals surface area contributed by atoms with E-state index in [1.807, 2.05) is 73.6 Å². The first-order valence-electron chi connectivity index (χ1n) is 10.0. The van der Waals surface area contributed by atoms with Crippen molar-refractivity contribution in [3.8, 4) is 11.5 Å². The van der Waals surface area contributed by atoms with E-state index in [1.165, 1.54) is 0 Å². The second-order valence-electron chi connectivity index (χ2n) is 7.63. The molecule has 1 aliphatic heterocycles. The number of nitrogens with zero attached hydrogens (tertiary/aromatic N) is 1. The third kappa shape index (κ3) is 4.36. The summed E-state index contributed by atoms with van der Waals surface area (Å²) in [6.07, 6.45) is 1.90. The van der Waals surface area contributed by atoms with Crippen LogP contribution in [0.2, 0.25) is 0 Å². The number of rotatable bonds is 5. The molecule has 1 aliphatic rings. The number of ketones is 1. The number of benzene rings is 3. The van der Waals surface area contributed by atoms with Crippen LogP contribution in [0.25, 0.3) is 6.08 Å². The van der Waals surface area contributed by atoms with E-state index in [4.69, 9.17) is 9.47 Å². The first kappa shape index (κ1) is 20.4. The van der Waals surface area contributed by atoms with E-state index in [2.05, 4.69) is 0 Å². The van der Waals surface area contributed by atoms with E-state index in [0.717, 1.165) is 16.8 Å². The summed E-state index contributed by atoms with van der Waals surface area (Å²) in [5.41, 5.74) is 3.91. The van der Waals surface area contributed by atoms with Crippen LogP contribution in [0.1, 0.15) is 27.0 Å². The largest absolute Gasteiger partial charge is 0.452 e. The highest BCUT2D eigenvalue weighted by Gasteiger charge is 2.30. The van der Waals surface area contributed by atoms with Crippen LogP contribution in [-0.2, 0) is 11.2 Å². The molecule has 1 heterocycles. The van der Waals surface area contributed by atoms with Crippen molar-refractivity contribution in [2.24, 2.45) is 0 Å². The van der Waals surface area contributed by atoms with Gasteiger partial charge in [-0.25, -0.2) is 0 Å². The van der Waals surface area contributed by atoms with Gasteiger partial charge in [-0.3, -0.25) is 9.59 Å². The summed E-state index contributed by atoms with van der Waals surface area (Å²) in [7, 11) is 3.95. The molecule has 5 nitrogen and oxygen atoms in total. The fraction of sp³-hybridized carbons (Fsp3) is 0.154. The lowest BCUT2D eigenvalue weighted by atomic mass is 10.1. The molecule has 0 fully saturated rings.